The molecule has 3 nitrogen and oxygen atoms in total. The SMILES string of the molecule is CCCc1nc(Cl)cc(N2CCC[C@H]3CCCC[C@H]32)n1. The van der Waals surface area contributed by atoms with Crippen LogP contribution in [-0.4, -0.2) is 22.6 Å². The molecule has 0 bridgehead atoms. The quantitative estimate of drug-likeness (QED) is 0.781. The van der Waals surface area contributed by atoms with Crippen LogP contribution < -0.4 is 4.90 Å². The van der Waals surface area contributed by atoms with Gasteiger partial charge in [-0.1, -0.05) is 31.4 Å². The second kappa shape index (κ2) is 6.30. The van der Waals surface area contributed by atoms with E-state index in [0.29, 0.717) is 11.2 Å². The van der Waals surface area contributed by atoms with Crippen molar-refractivity contribution in [2.24, 2.45) is 5.92 Å². The summed E-state index contributed by atoms with van der Waals surface area (Å²) in [7, 11) is 0. The van der Waals surface area contributed by atoms with E-state index in [4.69, 9.17) is 16.6 Å². The number of fused-ring (bicyclic) bond motifs is 1. The molecule has 2 fully saturated rings. The lowest BCUT2D eigenvalue weighted by molar-refractivity contribution is 0.242. The maximum atomic E-state index is 6.20. The zero-order valence-electron chi connectivity index (χ0n) is 12.3. The van der Waals surface area contributed by atoms with Crippen molar-refractivity contribution in [1.82, 2.24) is 9.97 Å². The van der Waals surface area contributed by atoms with Gasteiger partial charge in [0.2, 0.25) is 0 Å². The van der Waals surface area contributed by atoms with Gasteiger partial charge >= 0.3 is 0 Å². The van der Waals surface area contributed by atoms with Crippen molar-refractivity contribution in [2.45, 2.75) is 64.3 Å². The lowest BCUT2D eigenvalue weighted by Crippen LogP contribution is -2.47. The van der Waals surface area contributed by atoms with Crippen molar-refractivity contribution in [1.29, 1.82) is 0 Å². The van der Waals surface area contributed by atoms with Crippen LogP contribution in [0.5, 0.6) is 0 Å². The van der Waals surface area contributed by atoms with Gasteiger partial charge in [0, 0.05) is 25.1 Å². The third-order valence-corrected chi connectivity index (χ3v) is 4.93. The average Bonchev–Trinajstić information content (AvgIpc) is 2.46. The standard InChI is InChI=1S/C16H24ClN3/c1-2-6-15-18-14(17)11-16(19-15)20-10-5-8-12-7-3-4-9-13(12)20/h11-13H,2-10H2,1H3/t12-,13-/m1/s1. The van der Waals surface area contributed by atoms with Crippen LogP contribution >= 0.6 is 11.6 Å². The normalized spacial score (nSPS) is 26.4. The van der Waals surface area contributed by atoms with E-state index in [1.165, 1.54) is 38.5 Å². The summed E-state index contributed by atoms with van der Waals surface area (Å²) in [5.74, 6) is 2.82. The molecule has 2 heterocycles. The van der Waals surface area contributed by atoms with Crippen LogP contribution in [0.15, 0.2) is 6.07 Å². The summed E-state index contributed by atoms with van der Waals surface area (Å²) >= 11 is 6.20. The number of piperidine rings is 1. The van der Waals surface area contributed by atoms with Gasteiger partial charge in [0.25, 0.3) is 0 Å². The topological polar surface area (TPSA) is 29.0 Å². The molecule has 3 rings (SSSR count). The lowest BCUT2D eigenvalue weighted by atomic mass is 9.78. The van der Waals surface area contributed by atoms with Crippen molar-refractivity contribution in [2.75, 3.05) is 11.4 Å². The van der Waals surface area contributed by atoms with Crippen LogP contribution in [0.3, 0.4) is 0 Å². The number of anilines is 1. The first-order chi connectivity index (χ1) is 9.78. The van der Waals surface area contributed by atoms with Gasteiger partial charge in [0.15, 0.2) is 0 Å². The number of aromatic nitrogens is 2. The Kier molecular flexibility index (Phi) is 4.45. The minimum absolute atomic E-state index is 0.594. The Labute approximate surface area is 126 Å². The largest absolute Gasteiger partial charge is 0.353 e. The van der Waals surface area contributed by atoms with Crippen LogP contribution in [-0.2, 0) is 6.42 Å². The highest BCUT2D eigenvalue weighted by Crippen LogP contribution is 2.37. The molecule has 4 heteroatoms. The highest BCUT2D eigenvalue weighted by atomic mass is 35.5. The second-order valence-electron chi connectivity index (χ2n) is 6.16. The fourth-order valence-electron chi connectivity index (χ4n) is 3.84. The minimum Gasteiger partial charge on any atom is -0.353 e. The first-order valence-corrected chi connectivity index (χ1v) is 8.46. The highest BCUT2D eigenvalue weighted by molar-refractivity contribution is 6.29. The maximum absolute atomic E-state index is 6.20. The fourth-order valence-corrected chi connectivity index (χ4v) is 4.04. The van der Waals surface area contributed by atoms with Gasteiger partial charge in [-0.15, -0.1) is 0 Å². The number of hydrogen-bond acceptors (Lipinski definition) is 3. The third-order valence-electron chi connectivity index (χ3n) is 4.74. The summed E-state index contributed by atoms with van der Waals surface area (Å²) in [4.78, 5) is 11.6. The minimum atomic E-state index is 0.594. The van der Waals surface area contributed by atoms with E-state index in [9.17, 15) is 0 Å². The molecule has 1 aromatic rings. The summed E-state index contributed by atoms with van der Waals surface area (Å²) < 4.78 is 0. The first kappa shape index (κ1) is 14.1. The van der Waals surface area contributed by atoms with Crippen LogP contribution in [0.1, 0.15) is 57.7 Å². The Hall–Kier alpha value is -0.830. The van der Waals surface area contributed by atoms with Crippen LogP contribution in [0, 0.1) is 5.92 Å². The Morgan fingerprint density at radius 2 is 2.00 bits per heavy atom. The van der Waals surface area contributed by atoms with E-state index in [2.05, 4.69) is 16.8 Å². The number of nitrogens with zero attached hydrogens (tertiary/aromatic N) is 3. The van der Waals surface area contributed by atoms with E-state index in [-0.39, 0.29) is 0 Å². The number of aryl methyl sites for hydroxylation is 1. The second-order valence-corrected chi connectivity index (χ2v) is 6.55. The van der Waals surface area contributed by atoms with E-state index >= 15 is 0 Å². The highest BCUT2D eigenvalue weighted by Gasteiger charge is 2.34. The van der Waals surface area contributed by atoms with Gasteiger partial charge in [-0.05, 0) is 38.0 Å². The number of rotatable bonds is 3. The molecule has 1 aliphatic carbocycles. The molecule has 0 spiro atoms. The smallest absolute Gasteiger partial charge is 0.134 e. The number of hydrogen-bond donors (Lipinski definition) is 0. The van der Waals surface area contributed by atoms with Crippen LogP contribution in [0.2, 0.25) is 5.15 Å². The summed E-state index contributed by atoms with van der Waals surface area (Å²) in [5.41, 5.74) is 0. The molecule has 0 amide bonds. The van der Waals surface area contributed by atoms with Crippen molar-refractivity contribution in [3.8, 4) is 0 Å². The predicted molar refractivity (Wildman–Crippen MR) is 83.4 cm³/mol. The van der Waals surface area contributed by atoms with E-state index in [1.54, 1.807) is 0 Å². The molecule has 110 valence electrons. The molecule has 1 saturated heterocycles. The Morgan fingerprint density at radius 1 is 1.20 bits per heavy atom. The van der Waals surface area contributed by atoms with Gasteiger partial charge in [-0.3, -0.25) is 0 Å². The van der Waals surface area contributed by atoms with Gasteiger partial charge < -0.3 is 4.90 Å². The predicted octanol–water partition coefficient (Wildman–Crippen LogP) is 4.24. The molecule has 0 unspecified atom stereocenters. The summed E-state index contributed by atoms with van der Waals surface area (Å²) in [6, 6.07) is 2.63. The Morgan fingerprint density at radius 3 is 2.85 bits per heavy atom. The van der Waals surface area contributed by atoms with E-state index < -0.39 is 0 Å². The molecule has 1 aromatic heterocycles. The Bertz CT molecular complexity index is 461. The lowest BCUT2D eigenvalue weighted by Gasteiger charge is -2.44. The number of halogens is 1. The molecular formula is C16H24ClN3. The average molecular weight is 294 g/mol. The van der Waals surface area contributed by atoms with Crippen molar-refractivity contribution in [3.05, 3.63) is 17.0 Å². The fraction of sp³-hybridized carbons (Fsp3) is 0.750. The Balaban J connectivity index is 1.86. The molecule has 2 aliphatic rings. The van der Waals surface area contributed by atoms with Gasteiger partial charge in [-0.2, -0.15) is 0 Å². The molecule has 1 saturated carbocycles. The summed E-state index contributed by atoms with van der Waals surface area (Å²) in [6.07, 6.45) is 10.1. The van der Waals surface area contributed by atoms with Crippen molar-refractivity contribution >= 4 is 17.4 Å². The van der Waals surface area contributed by atoms with Crippen molar-refractivity contribution < 1.29 is 0 Å². The molecule has 0 N–H and O–H groups in total. The first-order valence-electron chi connectivity index (χ1n) is 8.08. The molecule has 1 aliphatic heterocycles. The van der Waals surface area contributed by atoms with E-state index in [0.717, 1.165) is 36.9 Å². The monoisotopic (exact) mass is 293 g/mol. The van der Waals surface area contributed by atoms with Crippen molar-refractivity contribution in [3.63, 3.8) is 0 Å². The van der Waals surface area contributed by atoms with Gasteiger partial charge in [-0.25, -0.2) is 9.97 Å². The molecule has 0 aromatic carbocycles. The van der Waals surface area contributed by atoms with Crippen LogP contribution in [0.4, 0.5) is 5.82 Å². The third kappa shape index (κ3) is 2.93. The molecular weight excluding hydrogens is 270 g/mol. The molecule has 2 atom stereocenters. The van der Waals surface area contributed by atoms with Gasteiger partial charge in [0.1, 0.15) is 16.8 Å². The molecule has 20 heavy (non-hydrogen) atoms. The summed E-state index contributed by atoms with van der Waals surface area (Å²) in [5, 5.41) is 0.594. The summed E-state index contributed by atoms with van der Waals surface area (Å²) in [6.45, 7) is 3.28. The zero-order chi connectivity index (χ0) is 13.9. The zero-order valence-corrected chi connectivity index (χ0v) is 13.1. The van der Waals surface area contributed by atoms with Crippen LogP contribution in [0.25, 0.3) is 0 Å². The van der Waals surface area contributed by atoms with E-state index in [1.807, 2.05) is 6.07 Å². The molecule has 0 radical (unpaired) electrons. The van der Waals surface area contributed by atoms with Gasteiger partial charge in [0.05, 0.1) is 0 Å². The maximum Gasteiger partial charge on any atom is 0.134 e.